The lowest BCUT2D eigenvalue weighted by molar-refractivity contribution is -0.137. The highest BCUT2D eigenvalue weighted by Crippen LogP contribution is 2.34. The molecule has 0 aliphatic heterocycles. The van der Waals surface area contributed by atoms with Gasteiger partial charge in [0.2, 0.25) is 0 Å². The Bertz CT molecular complexity index is 584. The van der Waals surface area contributed by atoms with Gasteiger partial charge in [0.1, 0.15) is 5.92 Å². The number of benzene rings is 1. The Hall–Kier alpha value is -1.62. The molecule has 4 nitrogen and oxygen atoms in total. The SMILES string of the molecule is CS(=O)(=O)c1cccc2c1C=C[C@@H]2C(=O)O. The summed E-state index contributed by atoms with van der Waals surface area (Å²) < 4.78 is 23.0. The van der Waals surface area contributed by atoms with Crippen LogP contribution in [0.2, 0.25) is 0 Å². The van der Waals surface area contributed by atoms with Crippen molar-refractivity contribution >= 4 is 21.9 Å². The molecule has 1 aromatic rings. The largest absolute Gasteiger partial charge is 0.481 e. The predicted octanol–water partition coefficient (Wildman–Crippen LogP) is 1.29. The minimum absolute atomic E-state index is 0.185. The molecule has 2 rings (SSSR count). The highest BCUT2D eigenvalue weighted by atomic mass is 32.2. The van der Waals surface area contributed by atoms with Crippen molar-refractivity contribution in [2.75, 3.05) is 6.26 Å². The van der Waals surface area contributed by atoms with Gasteiger partial charge in [-0.1, -0.05) is 24.3 Å². The molecule has 0 fully saturated rings. The van der Waals surface area contributed by atoms with Gasteiger partial charge in [-0.3, -0.25) is 4.79 Å². The first-order valence-corrected chi connectivity index (χ1v) is 6.54. The van der Waals surface area contributed by atoms with E-state index in [-0.39, 0.29) is 4.90 Å². The van der Waals surface area contributed by atoms with E-state index in [0.717, 1.165) is 6.26 Å². The van der Waals surface area contributed by atoms with Crippen LogP contribution >= 0.6 is 0 Å². The van der Waals surface area contributed by atoms with E-state index in [2.05, 4.69) is 0 Å². The van der Waals surface area contributed by atoms with Gasteiger partial charge in [-0.15, -0.1) is 0 Å². The zero-order chi connectivity index (χ0) is 11.9. The number of fused-ring (bicyclic) bond motifs is 1. The first-order valence-electron chi connectivity index (χ1n) is 4.65. The molecule has 0 saturated heterocycles. The fourth-order valence-corrected chi connectivity index (χ4v) is 2.76. The molecule has 0 radical (unpaired) electrons. The molecule has 0 aromatic heterocycles. The second kappa shape index (κ2) is 3.45. The van der Waals surface area contributed by atoms with E-state index in [9.17, 15) is 13.2 Å². The summed E-state index contributed by atoms with van der Waals surface area (Å²) in [5.74, 6) is -1.71. The summed E-state index contributed by atoms with van der Waals surface area (Å²) in [5, 5.41) is 8.95. The number of rotatable bonds is 2. The van der Waals surface area contributed by atoms with E-state index in [4.69, 9.17) is 5.11 Å². The van der Waals surface area contributed by atoms with E-state index < -0.39 is 21.7 Å². The Morgan fingerprint density at radius 1 is 1.38 bits per heavy atom. The molecule has 16 heavy (non-hydrogen) atoms. The molecule has 5 heteroatoms. The molecule has 0 heterocycles. The normalized spacial score (nSPS) is 18.4. The first-order chi connectivity index (χ1) is 7.41. The molecule has 1 aromatic carbocycles. The molecule has 1 N–H and O–H groups in total. The molecule has 84 valence electrons. The third-order valence-electron chi connectivity index (χ3n) is 2.56. The fraction of sp³-hybridized carbons (Fsp3) is 0.182. The molecular weight excluding hydrogens is 228 g/mol. The lowest BCUT2D eigenvalue weighted by atomic mass is 10.0. The number of carboxylic acid groups (broad SMARTS) is 1. The van der Waals surface area contributed by atoms with Crippen molar-refractivity contribution in [3.8, 4) is 0 Å². The molecule has 0 bridgehead atoms. The van der Waals surface area contributed by atoms with E-state index in [1.807, 2.05) is 0 Å². The zero-order valence-electron chi connectivity index (χ0n) is 8.54. The summed E-state index contributed by atoms with van der Waals surface area (Å²) in [6.07, 6.45) is 4.18. The maximum atomic E-state index is 11.5. The lowest BCUT2D eigenvalue weighted by Crippen LogP contribution is -2.08. The van der Waals surface area contributed by atoms with Gasteiger partial charge in [0.25, 0.3) is 0 Å². The van der Waals surface area contributed by atoms with E-state index in [1.54, 1.807) is 18.2 Å². The third-order valence-corrected chi connectivity index (χ3v) is 3.71. The molecule has 1 aliphatic rings. The third kappa shape index (κ3) is 1.63. The van der Waals surface area contributed by atoms with Gasteiger partial charge in [-0.25, -0.2) is 8.42 Å². The van der Waals surface area contributed by atoms with Crippen molar-refractivity contribution in [3.05, 3.63) is 35.4 Å². The van der Waals surface area contributed by atoms with Gasteiger partial charge >= 0.3 is 5.97 Å². The number of sulfone groups is 1. The quantitative estimate of drug-likeness (QED) is 0.842. The van der Waals surface area contributed by atoms with Gasteiger partial charge in [0.15, 0.2) is 9.84 Å². The minimum Gasteiger partial charge on any atom is -0.481 e. The van der Waals surface area contributed by atoms with Crippen molar-refractivity contribution in [3.63, 3.8) is 0 Å². The molecular formula is C11H10O4S. The van der Waals surface area contributed by atoms with Gasteiger partial charge < -0.3 is 5.11 Å². The molecule has 1 aliphatic carbocycles. The number of hydrogen-bond acceptors (Lipinski definition) is 3. The average molecular weight is 238 g/mol. The standard InChI is InChI=1S/C11H10O4S/c1-16(14,15)10-4-2-3-7-8(10)5-6-9(7)11(12)13/h2-6,9H,1H3,(H,12,13)/t9-/m0/s1. The summed E-state index contributed by atoms with van der Waals surface area (Å²) in [4.78, 5) is 11.1. The smallest absolute Gasteiger partial charge is 0.314 e. The van der Waals surface area contributed by atoms with E-state index in [1.165, 1.54) is 12.1 Å². The van der Waals surface area contributed by atoms with E-state index in [0.29, 0.717) is 11.1 Å². The topological polar surface area (TPSA) is 71.4 Å². The van der Waals surface area contributed by atoms with Crippen LogP contribution in [0.1, 0.15) is 17.0 Å². The molecule has 0 unspecified atom stereocenters. The Morgan fingerprint density at radius 2 is 2.06 bits per heavy atom. The van der Waals surface area contributed by atoms with Crippen molar-refractivity contribution in [2.24, 2.45) is 0 Å². The highest BCUT2D eigenvalue weighted by Gasteiger charge is 2.27. The molecule has 0 spiro atoms. The molecule has 0 amide bonds. The number of carboxylic acids is 1. The van der Waals surface area contributed by atoms with Crippen molar-refractivity contribution in [1.82, 2.24) is 0 Å². The van der Waals surface area contributed by atoms with Crippen molar-refractivity contribution < 1.29 is 18.3 Å². The maximum absolute atomic E-state index is 11.5. The Morgan fingerprint density at radius 3 is 2.62 bits per heavy atom. The van der Waals surface area contributed by atoms with Gasteiger partial charge in [-0.2, -0.15) is 0 Å². The second-order valence-electron chi connectivity index (χ2n) is 3.71. The predicted molar refractivity (Wildman–Crippen MR) is 59.0 cm³/mol. The van der Waals surface area contributed by atoms with Crippen LogP contribution < -0.4 is 0 Å². The van der Waals surface area contributed by atoms with Crippen LogP contribution in [0.15, 0.2) is 29.2 Å². The lowest BCUT2D eigenvalue weighted by Gasteiger charge is -2.08. The number of carbonyl (C=O) groups is 1. The molecule has 0 saturated carbocycles. The number of aliphatic carboxylic acids is 1. The Labute approximate surface area is 93.1 Å². The average Bonchev–Trinajstić information content (AvgIpc) is 2.58. The fourth-order valence-electron chi connectivity index (χ4n) is 1.85. The monoisotopic (exact) mass is 238 g/mol. The molecule has 1 atom stereocenters. The van der Waals surface area contributed by atoms with Crippen LogP contribution in [0.3, 0.4) is 0 Å². The van der Waals surface area contributed by atoms with Crippen LogP contribution in [0.4, 0.5) is 0 Å². The highest BCUT2D eigenvalue weighted by molar-refractivity contribution is 7.90. The zero-order valence-corrected chi connectivity index (χ0v) is 9.36. The first kappa shape index (κ1) is 10.9. The summed E-state index contributed by atoms with van der Waals surface area (Å²) in [6.45, 7) is 0. The van der Waals surface area contributed by atoms with E-state index >= 15 is 0 Å². The summed E-state index contributed by atoms with van der Waals surface area (Å²) >= 11 is 0. The Kier molecular flexibility index (Phi) is 2.35. The Balaban J connectivity index is 2.66. The van der Waals surface area contributed by atoms with Crippen molar-refractivity contribution in [2.45, 2.75) is 10.8 Å². The van der Waals surface area contributed by atoms with Gasteiger partial charge in [0.05, 0.1) is 4.90 Å². The summed E-state index contributed by atoms with van der Waals surface area (Å²) in [7, 11) is -3.32. The van der Waals surface area contributed by atoms with Crippen LogP contribution in [0, 0.1) is 0 Å². The van der Waals surface area contributed by atoms with Crippen molar-refractivity contribution in [1.29, 1.82) is 0 Å². The van der Waals surface area contributed by atoms with Crippen LogP contribution in [-0.2, 0) is 14.6 Å². The van der Waals surface area contributed by atoms with Crippen LogP contribution in [0.25, 0.3) is 6.08 Å². The van der Waals surface area contributed by atoms with Crippen LogP contribution in [0.5, 0.6) is 0 Å². The number of hydrogen-bond donors (Lipinski definition) is 1. The summed E-state index contributed by atoms with van der Waals surface area (Å²) in [5.41, 5.74) is 1.04. The summed E-state index contributed by atoms with van der Waals surface area (Å²) in [6, 6.07) is 4.70. The van der Waals surface area contributed by atoms with Crippen LogP contribution in [-0.4, -0.2) is 25.7 Å². The second-order valence-corrected chi connectivity index (χ2v) is 5.69. The minimum atomic E-state index is -3.32. The maximum Gasteiger partial charge on any atom is 0.314 e. The van der Waals surface area contributed by atoms with Gasteiger partial charge in [0, 0.05) is 6.26 Å². The van der Waals surface area contributed by atoms with Gasteiger partial charge in [-0.05, 0) is 17.2 Å².